The Labute approximate surface area is 87.5 Å². The van der Waals surface area contributed by atoms with Crippen molar-refractivity contribution < 1.29 is 19.1 Å². The van der Waals surface area contributed by atoms with Crippen LogP contribution in [-0.2, 0) is 19.1 Å². The molecule has 0 saturated carbocycles. The van der Waals surface area contributed by atoms with E-state index in [1.807, 2.05) is 0 Å². The molecule has 2 heterocycles. The van der Waals surface area contributed by atoms with Gasteiger partial charge < -0.3 is 19.7 Å². The van der Waals surface area contributed by atoms with Crippen molar-refractivity contribution in [3.05, 3.63) is 0 Å². The van der Waals surface area contributed by atoms with Crippen molar-refractivity contribution in [2.75, 3.05) is 39.5 Å². The topological polar surface area (TPSA) is 67.9 Å². The molecule has 2 fully saturated rings. The van der Waals surface area contributed by atoms with Gasteiger partial charge in [-0.15, -0.1) is 0 Å². The van der Waals surface area contributed by atoms with E-state index in [-0.39, 0.29) is 31.0 Å². The molecule has 2 aliphatic heterocycles. The van der Waals surface area contributed by atoms with E-state index < -0.39 is 0 Å². The second-order valence-electron chi connectivity index (χ2n) is 3.62. The minimum Gasteiger partial charge on any atom is -0.376 e. The summed E-state index contributed by atoms with van der Waals surface area (Å²) < 4.78 is 10.6. The van der Waals surface area contributed by atoms with Crippen LogP contribution in [0.1, 0.15) is 0 Å². The molecule has 6 heteroatoms. The van der Waals surface area contributed by atoms with Gasteiger partial charge in [-0.1, -0.05) is 0 Å². The largest absolute Gasteiger partial charge is 0.376 e. The Hall–Kier alpha value is -1.14. The number of amides is 2. The molecular weight excluding hydrogens is 200 g/mol. The molecule has 6 nitrogen and oxygen atoms in total. The van der Waals surface area contributed by atoms with Crippen LogP contribution in [0.5, 0.6) is 0 Å². The number of ether oxygens (including phenoxy) is 2. The summed E-state index contributed by atoms with van der Waals surface area (Å²) in [7, 11) is 0. The van der Waals surface area contributed by atoms with E-state index >= 15 is 0 Å². The highest BCUT2D eigenvalue weighted by atomic mass is 16.6. The Balaban J connectivity index is 1.85. The SMILES string of the molecule is O=C1CN(CC2COCCO2)C(=O)CN1. The van der Waals surface area contributed by atoms with Gasteiger partial charge in [-0.25, -0.2) is 0 Å². The molecule has 2 rings (SSSR count). The number of carbonyl (C=O) groups excluding carboxylic acids is 2. The summed E-state index contributed by atoms with van der Waals surface area (Å²) in [5, 5.41) is 2.50. The molecule has 0 aromatic heterocycles. The van der Waals surface area contributed by atoms with Gasteiger partial charge in [0.25, 0.3) is 0 Å². The minimum absolute atomic E-state index is 0.0660. The molecule has 1 unspecified atom stereocenters. The molecule has 1 N–H and O–H groups in total. The maximum absolute atomic E-state index is 11.4. The molecule has 2 saturated heterocycles. The van der Waals surface area contributed by atoms with Gasteiger partial charge in [-0.2, -0.15) is 0 Å². The summed E-state index contributed by atoms with van der Waals surface area (Å²) >= 11 is 0. The smallest absolute Gasteiger partial charge is 0.242 e. The third kappa shape index (κ3) is 2.66. The molecule has 0 aromatic rings. The van der Waals surface area contributed by atoms with E-state index in [2.05, 4.69) is 5.32 Å². The van der Waals surface area contributed by atoms with Crippen LogP contribution in [0.15, 0.2) is 0 Å². The lowest BCUT2D eigenvalue weighted by Gasteiger charge is -2.31. The van der Waals surface area contributed by atoms with Crippen molar-refractivity contribution in [1.82, 2.24) is 10.2 Å². The quantitative estimate of drug-likeness (QED) is 0.598. The Morgan fingerprint density at radius 3 is 3.00 bits per heavy atom. The fraction of sp³-hybridized carbons (Fsp3) is 0.778. The molecule has 2 aliphatic rings. The fourth-order valence-corrected chi connectivity index (χ4v) is 1.66. The molecular formula is C9H14N2O4. The van der Waals surface area contributed by atoms with Crippen LogP contribution in [0.3, 0.4) is 0 Å². The summed E-state index contributed by atoms with van der Waals surface area (Å²) in [4.78, 5) is 24.0. The van der Waals surface area contributed by atoms with Gasteiger partial charge in [-0.3, -0.25) is 9.59 Å². The number of hydrogen-bond donors (Lipinski definition) is 1. The zero-order valence-corrected chi connectivity index (χ0v) is 8.40. The molecule has 0 bridgehead atoms. The van der Waals surface area contributed by atoms with Crippen molar-refractivity contribution in [3.63, 3.8) is 0 Å². The predicted molar refractivity (Wildman–Crippen MR) is 50.1 cm³/mol. The first-order valence-corrected chi connectivity index (χ1v) is 4.99. The number of nitrogens with zero attached hydrogens (tertiary/aromatic N) is 1. The molecule has 84 valence electrons. The third-order valence-electron chi connectivity index (χ3n) is 2.43. The highest BCUT2D eigenvalue weighted by Gasteiger charge is 2.26. The fourth-order valence-electron chi connectivity index (χ4n) is 1.66. The second-order valence-corrected chi connectivity index (χ2v) is 3.62. The first-order chi connectivity index (χ1) is 7.25. The molecule has 15 heavy (non-hydrogen) atoms. The molecule has 2 amide bonds. The van der Waals surface area contributed by atoms with Crippen molar-refractivity contribution in [1.29, 1.82) is 0 Å². The zero-order valence-electron chi connectivity index (χ0n) is 8.40. The maximum Gasteiger partial charge on any atom is 0.242 e. The van der Waals surface area contributed by atoms with E-state index in [1.54, 1.807) is 0 Å². The average molecular weight is 214 g/mol. The highest BCUT2D eigenvalue weighted by molar-refractivity contribution is 5.92. The van der Waals surface area contributed by atoms with Crippen LogP contribution in [-0.4, -0.2) is 62.3 Å². The van der Waals surface area contributed by atoms with Gasteiger partial charge in [0.1, 0.15) is 0 Å². The highest BCUT2D eigenvalue weighted by Crippen LogP contribution is 2.05. The molecule has 1 atom stereocenters. The number of nitrogens with one attached hydrogen (secondary N) is 1. The van der Waals surface area contributed by atoms with Crippen LogP contribution >= 0.6 is 0 Å². The summed E-state index contributed by atoms with van der Waals surface area (Å²) in [6.45, 7) is 2.30. The summed E-state index contributed by atoms with van der Waals surface area (Å²) in [5.41, 5.74) is 0. The third-order valence-corrected chi connectivity index (χ3v) is 2.43. The van der Waals surface area contributed by atoms with Gasteiger partial charge in [-0.05, 0) is 0 Å². The number of rotatable bonds is 2. The first-order valence-electron chi connectivity index (χ1n) is 4.99. The summed E-state index contributed by atoms with van der Waals surface area (Å²) in [6.07, 6.45) is -0.103. The Morgan fingerprint density at radius 1 is 1.40 bits per heavy atom. The molecule has 0 radical (unpaired) electrons. The van der Waals surface area contributed by atoms with Crippen LogP contribution in [0.25, 0.3) is 0 Å². The standard InChI is InChI=1S/C9H14N2O4/c12-8-5-11(9(13)3-10-8)4-7-6-14-1-2-15-7/h7H,1-6H2,(H,10,12). The number of piperazine rings is 1. The zero-order chi connectivity index (χ0) is 10.7. The minimum atomic E-state index is -0.119. The Bertz CT molecular complexity index is 263. The Kier molecular flexibility index (Phi) is 3.17. The van der Waals surface area contributed by atoms with Gasteiger partial charge in [0.15, 0.2) is 0 Å². The lowest BCUT2D eigenvalue weighted by atomic mass is 10.2. The van der Waals surface area contributed by atoms with Crippen molar-refractivity contribution >= 4 is 11.8 Å². The van der Waals surface area contributed by atoms with E-state index in [1.165, 1.54) is 4.90 Å². The molecule has 0 aliphatic carbocycles. The van der Waals surface area contributed by atoms with E-state index in [0.717, 1.165) is 0 Å². The van der Waals surface area contributed by atoms with E-state index in [9.17, 15) is 9.59 Å². The normalized spacial score (nSPS) is 27.7. The second kappa shape index (κ2) is 4.59. The van der Waals surface area contributed by atoms with Crippen molar-refractivity contribution in [2.24, 2.45) is 0 Å². The lowest BCUT2D eigenvalue weighted by Crippen LogP contribution is -2.54. The van der Waals surface area contributed by atoms with Gasteiger partial charge in [0.2, 0.25) is 11.8 Å². The van der Waals surface area contributed by atoms with Crippen molar-refractivity contribution in [2.45, 2.75) is 6.10 Å². The van der Waals surface area contributed by atoms with Crippen LogP contribution < -0.4 is 5.32 Å². The number of hydrogen-bond acceptors (Lipinski definition) is 4. The van der Waals surface area contributed by atoms with Gasteiger partial charge >= 0.3 is 0 Å². The lowest BCUT2D eigenvalue weighted by molar-refractivity contribution is -0.146. The van der Waals surface area contributed by atoms with Crippen molar-refractivity contribution in [3.8, 4) is 0 Å². The van der Waals surface area contributed by atoms with Gasteiger partial charge in [0.05, 0.1) is 39.0 Å². The summed E-state index contributed by atoms with van der Waals surface area (Å²) in [6, 6.07) is 0. The molecule has 0 spiro atoms. The van der Waals surface area contributed by atoms with E-state index in [4.69, 9.17) is 9.47 Å². The first kappa shape index (κ1) is 10.4. The average Bonchev–Trinajstić information content (AvgIpc) is 2.25. The number of carbonyl (C=O) groups is 2. The monoisotopic (exact) mass is 214 g/mol. The summed E-state index contributed by atoms with van der Waals surface area (Å²) in [5.74, 6) is -0.185. The molecule has 0 aromatic carbocycles. The maximum atomic E-state index is 11.4. The van der Waals surface area contributed by atoms with Crippen LogP contribution in [0.4, 0.5) is 0 Å². The van der Waals surface area contributed by atoms with Gasteiger partial charge in [0, 0.05) is 6.54 Å². The van der Waals surface area contributed by atoms with Crippen LogP contribution in [0.2, 0.25) is 0 Å². The Morgan fingerprint density at radius 2 is 2.27 bits per heavy atom. The van der Waals surface area contributed by atoms with E-state index in [0.29, 0.717) is 26.4 Å². The van der Waals surface area contributed by atoms with Crippen LogP contribution in [0, 0.1) is 0 Å². The predicted octanol–water partition coefficient (Wildman–Crippen LogP) is -1.64.